The van der Waals surface area contributed by atoms with Gasteiger partial charge < -0.3 is 14.7 Å². The highest BCUT2D eigenvalue weighted by atomic mass is 16.5. The zero-order valence-corrected chi connectivity index (χ0v) is 13.4. The average molecular weight is 287 g/mol. The van der Waals surface area contributed by atoms with Gasteiger partial charge in [0.1, 0.15) is 0 Å². The zero-order valence-electron chi connectivity index (χ0n) is 13.4. The van der Waals surface area contributed by atoms with E-state index in [1.54, 1.807) is 0 Å². The molecule has 0 amide bonds. The van der Waals surface area contributed by atoms with Gasteiger partial charge in [0.2, 0.25) is 0 Å². The molecule has 1 aromatic heterocycles. The molecule has 0 bridgehead atoms. The Bertz CT molecular complexity index is 545. The molecule has 0 saturated heterocycles. The number of nitrogens with zero attached hydrogens (tertiary/aromatic N) is 2. The van der Waals surface area contributed by atoms with E-state index < -0.39 is 0 Å². The maximum atomic E-state index is 5.40. The molecule has 0 aliphatic heterocycles. The van der Waals surface area contributed by atoms with Crippen LogP contribution in [0, 0.1) is 0 Å². The van der Waals surface area contributed by atoms with Crippen LogP contribution in [-0.4, -0.2) is 18.2 Å². The van der Waals surface area contributed by atoms with Gasteiger partial charge in [0, 0.05) is 31.4 Å². The molecule has 4 nitrogen and oxygen atoms in total. The predicted molar refractivity (Wildman–Crippen MR) is 86.4 cm³/mol. The van der Waals surface area contributed by atoms with Gasteiger partial charge in [-0.3, -0.25) is 0 Å². The fourth-order valence-corrected chi connectivity index (χ4v) is 2.13. The molecule has 0 atom stereocenters. The fourth-order valence-electron chi connectivity index (χ4n) is 2.13. The molecule has 114 valence electrons. The third-order valence-electron chi connectivity index (χ3n) is 3.48. The van der Waals surface area contributed by atoms with Crippen LogP contribution < -0.4 is 10.2 Å². The van der Waals surface area contributed by atoms with E-state index in [1.165, 1.54) is 11.3 Å². The van der Waals surface area contributed by atoms with Crippen molar-refractivity contribution in [3.8, 4) is 0 Å². The summed E-state index contributed by atoms with van der Waals surface area (Å²) in [7, 11) is 2.06. The first-order valence-electron chi connectivity index (χ1n) is 7.56. The van der Waals surface area contributed by atoms with Crippen LogP contribution in [0.5, 0.6) is 0 Å². The molecule has 0 fully saturated rings. The highest BCUT2D eigenvalue weighted by Gasteiger charge is 2.08. The molecule has 1 heterocycles. The summed E-state index contributed by atoms with van der Waals surface area (Å²) in [6, 6.07) is 11.1. The van der Waals surface area contributed by atoms with Crippen molar-refractivity contribution >= 4 is 5.69 Å². The Labute approximate surface area is 127 Å². The maximum absolute atomic E-state index is 5.40. The minimum atomic E-state index is 0.449. The Kier molecular flexibility index (Phi) is 5.39. The van der Waals surface area contributed by atoms with Crippen LogP contribution in [0.15, 0.2) is 34.9 Å². The molecule has 1 aromatic carbocycles. The number of hydrogen-bond acceptors (Lipinski definition) is 4. The summed E-state index contributed by atoms with van der Waals surface area (Å²) in [5, 5.41) is 7.43. The Hall–Kier alpha value is -1.81. The number of aromatic nitrogens is 1. The first-order chi connectivity index (χ1) is 10.1. The summed E-state index contributed by atoms with van der Waals surface area (Å²) in [6.07, 6.45) is 1.07. The van der Waals surface area contributed by atoms with E-state index in [0.29, 0.717) is 6.04 Å². The summed E-state index contributed by atoms with van der Waals surface area (Å²) in [5.41, 5.74) is 3.49. The smallest absolute Gasteiger partial charge is 0.156 e. The van der Waals surface area contributed by atoms with Crippen molar-refractivity contribution in [3.63, 3.8) is 0 Å². The highest BCUT2D eigenvalue weighted by molar-refractivity contribution is 5.47. The molecular weight excluding hydrogens is 262 g/mol. The van der Waals surface area contributed by atoms with Gasteiger partial charge in [0.25, 0.3) is 0 Å². The van der Waals surface area contributed by atoms with Crippen molar-refractivity contribution in [2.75, 3.05) is 11.9 Å². The number of rotatable bonds is 7. The molecule has 0 aliphatic carbocycles. The second kappa shape index (κ2) is 7.27. The topological polar surface area (TPSA) is 41.3 Å². The monoisotopic (exact) mass is 287 g/mol. The number of benzene rings is 1. The minimum absolute atomic E-state index is 0.449. The van der Waals surface area contributed by atoms with Crippen molar-refractivity contribution in [3.05, 3.63) is 47.3 Å². The summed E-state index contributed by atoms with van der Waals surface area (Å²) in [5.74, 6) is 0.887. The molecule has 1 N–H and O–H groups in total. The molecular formula is C17H25N3O. The fraction of sp³-hybridized carbons (Fsp3) is 0.471. The average Bonchev–Trinajstić information content (AvgIpc) is 2.92. The van der Waals surface area contributed by atoms with Crippen molar-refractivity contribution in [1.82, 2.24) is 10.5 Å². The van der Waals surface area contributed by atoms with E-state index in [9.17, 15) is 0 Å². The first kappa shape index (κ1) is 15.6. The molecule has 0 radical (unpaired) electrons. The van der Waals surface area contributed by atoms with Crippen LogP contribution in [0.4, 0.5) is 5.69 Å². The van der Waals surface area contributed by atoms with Crippen molar-refractivity contribution < 1.29 is 4.52 Å². The predicted octanol–water partition coefficient (Wildman–Crippen LogP) is 3.37. The van der Waals surface area contributed by atoms with Gasteiger partial charge in [0.15, 0.2) is 5.76 Å². The summed E-state index contributed by atoms with van der Waals surface area (Å²) < 4.78 is 5.40. The van der Waals surface area contributed by atoms with Crippen LogP contribution in [0.3, 0.4) is 0 Å². The lowest BCUT2D eigenvalue weighted by Crippen LogP contribution is -2.21. The molecule has 0 unspecified atom stereocenters. The van der Waals surface area contributed by atoms with Crippen LogP contribution in [-0.2, 0) is 19.5 Å². The van der Waals surface area contributed by atoms with Gasteiger partial charge in [-0.15, -0.1) is 0 Å². The molecule has 2 rings (SSSR count). The van der Waals surface area contributed by atoms with Crippen LogP contribution in [0.25, 0.3) is 0 Å². The van der Waals surface area contributed by atoms with Gasteiger partial charge in [-0.05, 0) is 24.1 Å². The second-order valence-corrected chi connectivity index (χ2v) is 5.70. The third-order valence-corrected chi connectivity index (χ3v) is 3.48. The highest BCUT2D eigenvalue weighted by Crippen LogP contribution is 2.17. The normalized spacial score (nSPS) is 11.1. The SMILES string of the molecule is CCc1ccc(N(C)Cc2cc(CNC(C)C)no2)cc1. The van der Waals surface area contributed by atoms with Crippen LogP contribution >= 0.6 is 0 Å². The van der Waals surface area contributed by atoms with E-state index in [-0.39, 0.29) is 0 Å². The van der Waals surface area contributed by atoms with E-state index in [4.69, 9.17) is 4.52 Å². The number of aryl methyl sites for hydroxylation is 1. The quantitative estimate of drug-likeness (QED) is 0.847. The van der Waals surface area contributed by atoms with Crippen LogP contribution in [0.2, 0.25) is 0 Å². The second-order valence-electron chi connectivity index (χ2n) is 5.70. The van der Waals surface area contributed by atoms with Gasteiger partial charge in [-0.25, -0.2) is 0 Å². The zero-order chi connectivity index (χ0) is 15.2. The summed E-state index contributed by atoms with van der Waals surface area (Å²) >= 11 is 0. The van der Waals surface area contributed by atoms with Gasteiger partial charge in [-0.2, -0.15) is 0 Å². The molecule has 0 spiro atoms. The van der Waals surface area contributed by atoms with Crippen molar-refractivity contribution in [2.24, 2.45) is 0 Å². The standard InChI is InChI=1S/C17H25N3O/c1-5-14-6-8-16(9-7-14)20(4)12-17-10-15(19-21-17)11-18-13(2)3/h6-10,13,18H,5,11-12H2,1-4H3. The van der Waals surface area contributed by atoms with E-state index in [0.717, 1.165) is 31.0 Å². The lowest BCUT2D eigenvalue weighted by Gasteiger charge is -2.17. The number of hydrogen-bond donors (Lipinski definition) is 1. The van der Waals surface area contributed by atoms with Crippen LogP contribution in [0.1, 0.15) is 37.8 Å². The largest absolute Gasteiger partial charge is 0.367 e. The number of nitrogens with one attached hydrogen (secondary N) is 1. The van der Waals surface area contributed by atoms with Gasteiger partial charge >= 0.3 is 0 Å². The van der Waals surface area contributed by atoms with Gasteiger partial charge in [-0.1, -0.05) is 38.1 Å². The lowest BCUT2D eigenvalue weighted by atomic mass is 10.1. The Balaban J connectivity index is 1.93. The lowest BCUT2D eigenvalue weighted by molar-refractivity contribution is 0.374. The molecule has 0 saturated carbocycles. The van der Waals surface area contributed by atoms with Crippen molar-refractivity contribution in [1.29, 1.82) is 0 Å². The van der Waals surface area contributed by atoms with Gasteiger partial charge in [0.05, 0.1) is 12.2 Å². The summed E-state index contributed by atoms with van der Waals surface area (Å²) in [6.45, 7) is 7.87. The Morgan fingerprint density at radius 3 is 2.57 bits per heavy atom. The maximum Gasteiger partial charge on any atom is 0.156 e. The molecule has 2 aromatic rings. The molecule has 21 heavy (non-hydrogen) atoms. The third kappa shape index (κ3) is 4.60. The Morgan fingerprint density at radius 1 is 1.24 bits per heavy atom. The summed E-state index contributed by atoms with van der Waals surface area (Å²) in [4.78, 5) is 2.17. The first-order valence-corrected chi connectivity index (χ1v) is 7.56. The Morgan fingerprint density at radius 2 is 1.95 bits per heavy atom. The molecule has 4 heteroatoms. The molecule has 0 aliphatic rings. The van der Waals surface area contributed by atoms with Crippen molar-refractivity contribution in [2.45, 2.75) is 46.3 Å². The number of anilines is 1. The van der Waals surface area contributed by atoms with E-state index in [2.05, 4.69) is 67.5 Å². The van der Waals surface area contributed by atoms with E-state index >= 15 is 0 Å². The van der Waals surface area contributed by atoms with E-state index in [1.807, 2.05) is 6.07 Å². The minimum Gasteiger partial charge on any atom is -0.367 e.